The minimum Gasteiger partial charge on any atom is -0.496 e. The van der Waals surface area contributed by atoms with Gasteiger partial charge in [-0.25, -0.2) is 0 Å². The average molecular weight is 354 g/mol. The van der Waals surface area contributed by atoms with E-state index in [2.05, 4.69) is 5.32 Å². The van der Waals surface area contributed by atoms with Gasteiger partial charge in [-0.15, -0.1) is 12.4 Å². The van der Waals surface area contributed by atoms with Gasteiger partial charge in [-0.3, -0.25) is 0 Å². The van der Waals surface area contributed by atoms with Gasteiger partial charge in [-0.05, 0) is 12.1 Å². The Labute approximate surface area is 149 Å². The minimum atomic E-state index is 0. The molecule has 5 nitrogen and oxygen atoms in total. The SMILES string of the molecule is COc1ccccc1CNCc1ccc(OC)c(OC)c1OC.Cl. The van der Waals surface area contributed by atoms with Crippen LogP contribution in [0.3, 0.4) is 0 Å². The van der Waals surface area contributed by atoms with Crippen LogP contribution in [-0.4, -0.2) is 28.4 Å². The number of ether oxygens (including phenoxy) is 4. The van der Waals surface area contributed by atoms with Gasteiger partial charge in [0, 0.05) is 24.2 Å². The second-order valence-corrected chi connectivity index (χ2v) is 4.91. The fourth-order valence-electron chi connectivity index (χ4n) is 2.48. The summed E-state index contributed by atoms with van der Waals surface area (Å²) in [6.45, 7) is 1.34. The van der Waals surface area contributed by atoms with E-state index in [1.807, 2.05) is 36.4 Å². The zero-order chi connectivity index (χ0) is 16.7. The average Bonchev–Trinajstić information content (AvgIpc) is 2.61. The van der Waals surface area contributed by atoms with Gasteiger partial charge < -0.3 is 24.3 Å². The molecule has 0 atom stereocenters. The molecule has 0 bridgehead atoms. The number of halogens is 1. The molecule has 0 aliphatic heterocycles. The lowest BCUT2D eigenvalue weighted by atomic mass is 10.1. The number of hydrogen-bond acceptors (Lipinski definition) is 5. The van der Waals surface area contributed by atoms with Crippen LogP contribution in [0.25, 0.3) is 0 Å². The first-order valence-corrected chi connectivity index (χ1v) is 7.35. The molecule has 0 heterocycles. The van der Waals surface area contributed by atoms with Gasteiger partial charge >= 0.3 is 0 Å². The monoisotopic (exact) mass is 353 g/mol. The fourth-order valence-corrected chi connectivity index (χ4v) is 2.48. The summed E-state index contributed by atoms with van der Waals surface area (Å²) in [4.78, 5) is 0. The first kappa shape index (κ1) is 19.9. The lowest BCUT2D eigenvalue weighted by molar-refractivity contribution is 0.321. The van der Waals surface area contributed by atoms with E-state index in [4.69, 9.17) is 18.9 Å². The van der Waals surface area contributed by atoms with E-state index in [9.17, 15) is 0 Å². The molecule has 2 aromatic carbocycles. The number of nitrogens with one attached hydrogen (secondary N) is 1. The Bertz CT molecular complexity index is 649. The molecule has 2 aromatic rings. The van der Waals surface area contributed by atoms with Gasteiger partial charge in [0.05, 0.1) is 28.4 Å². The molecule has 0 aromatic heterocycles. The van der Waals surface area contributed by atoms with Crippen molar-refractivity contribution in [1.29, 1.82) is 0 Å². The molecule has 0 spiro atoms. The van der Waals surface area contributed by atoms with E-state index in [1.54, 1.807) is 28.4 Å². The molecule has 24 heavy (non-hydrogen) atoms. The standard InChI is InChI=1S/C18H23NO4.ClH/c1-20-15-8-6-5-7-13(15)11-19-12-14-9-10-16(21-2)18(23-4)17(14)22-3;/h5-10,19H,11-12H2,1-4H3;1H. The third kappa shape index (κ3) is 4.46. The van der Waals surface area contributed by atoms with Crippen LogP contribution in [0.1, 0.15) is 11.1 Å². The summed E-state index contributed by atoms with van der Waals surface area (Å²) in [7, 11) is 6.51. The molecule has 0 aliphatic carbocycles. The van der Waals surface area contributed by atoms with Crippen molar-refractivity contribution in [3.63, 3.8) is 0 Å². The Hall–Kier alpha value is -2.11. The van der Waals surface area contributed by atoms with Crippen LogP contribution >= 0.6 is 12.4 Å². The second kappa shape index (κ2) is 9.90. The largest absolute Gasteiger partial charge is 0.496 e. The lowest BCUT2D eigenvalue weighted by Gasteiger charge is -2.16. The van der Waals surface area contributed by atoms with E-state index >= 15 is 0 Å². The highest BCUT2D eigenvalue weighted by Crippen LogP contribution is 2.39. The van der Waals surface area contributed by atoms with Crippen molar-refractivity contribution in [2.24, 2.45) is 0 Å². The topological polar surface area (TPSA) is 49.0 Å². The van der Waals surface area contributed by atoms with Crippen LogP contribution < -0.4 is 24.3 Å². The normalized spacial score (nSPS) is 9.83. The molecule has 0 unspecified atom stereocenters. The zero-order valence-corrected chi connectivity index (χ0v) is 15.2. The summed E-state index contributed by atoms with van der Waals surface area (Å²) in [5, 5.41) is 3.40. The van der Waals surface area contributed by atoms with Crippen molar-refractivity contribution >= 4 is 12.4 Å². The lowest BCUT2D eigenvalue weighted by Crippen LogP contribution is -2.14. The van der Waals surface area contributed by atoms with Crippen molar-refractivity contribution in [2.45, 2.75) is 13.1 Å². The highest BCUT2D eigenvalue weighted by Gasteiger charge is 2.15. The highest BCUT2D eigenvalue weighted by molar-refractivity contribution is 5.85. The fraction of sp³-hybridized carbons (Fsp3) is 0.333. The van der Waals surface area contributed by atoms with Crippen LogP contribution in [0.15, 0.2) is 36.4 Å². The van der Waals surface area contributed by atoms with Crippen molar-refractivity contribution in [1.82, 2.24) is 5.32 Å². The summed E-state index contributed by atoms with van der Waals surface area (Å²) >= 11 is 0. The maximum absolute atomic E-state index is 5.49. The second-order valence-electron chi connectivity index (χ2n) is 4.91. The van der Waals surface area contributed by atoms with Gasteiger partial charge in [0.15, 0.2) is 11.5 Å². The predicted molar refractivity (Wildman–Crippen MR) is 96.9 cm³/mol. The first-order chi connectivity index (χ1) is 11.2. The summed E-state index contributed by atoms with van der Waals surface area (Å²) < 4.78 is 21.5. The Morgan fingerprint density at radius 1 is 0.667 bits per heavy atom. The quantitative estimate of drug-likeness (QED) is 0.787. The highest BCUT2D eigenvalue weighted by atomic mass is 35.5. The van der Waals surface area contributed by atoms with Crippen LogP contribution in [-0.2, 0) is 13.1 Å². The molecule has 0 saturated heterocycles. The van der Waals surface area contributed by atoms with Crippen LogP contribution in [0.4, 0.5) is 0 Å². The Kier molecular flexibility index (Phi) is 8.22. The predicted octanol–water partition coefficient (Wildman–Crippen LogP) is 3.43. The molecule has 0 radical (unpaired) electrons. The summed E-state index contributed by atoms with van der Waals surface area (Å²) in [5.74, 6) is 2.81. The van der Waals surface area contributed by atoms with Gasteiger partial charge in [0.2, 0.25) is 5.75 Å². The van der Waals surface area contributed by atoms with E-state index < -0.39 is 0 Å². The van der Waals surface area contributed by atoms with Crippen molar-refractivity contribution in [3.05, 3.63) is 47.5 Å². The van der Waals surface area contributed by atoms with E-state index in [-0.39, 0.29) is 12.4 Å². The number of hydrogen-bond donors (Lipinski definition) is 1. The number of benzene rings is 2. The molecule has 132 valence electrons. The van der Waals surface area contributed by atoms with E-state index in [0.29, 0.717) is 30.3 Å². The van der Waals surface area contributed by atoms with Crippen LogP contribution in [0, 0.1) is 0 Å². The van der Waals surface area contributed by atoms with Gasteiger partial charge in [0.25, 0.3) is 0 Å². The zero-order valence-electron chi connectivity index (χ0n) is 14.4. The van der Waals surface area contributed by atoms with E-state index in [0.717, 1.165) is 16.9 Å². The molecule has 0 amide bonds. The Morgan fingerprint density at radius 2 is 1.29 bits per heavy atom. The Balaban J connectivity index is 0.00000288. The summed E-state index contributed by atoms with van der Waals surface area (Å²) in [6.07, 6.45) is 0. The molecule has 6 heteroatoms. The van der Waals surface area contributed by atoms with Crippen molar-refractivity contribution in [2.75, 3.05) is 28.4 Å². The summed E-state index contributed by atoms with van der Waals surface area (Å²) in [5.41, 5.74) is 2.11. The number of rotatable bonds is 8. The van der Waals surface area contributed by atoms with Crippen LogP contribution in [0.2, 0.25) is 0 Å². The number of methoxy groups -OCH3 is 4. The van der Waals surface area contributed by atoms with Crippen molar-refractivity contribution < 1.29 is 18.9 Å². The third-order valence-electron chi connectivity index (χ3n) is 3.61. The smallest absolute Gasteiger partial charge is 0.203 e. The molecule has 0 saturated carbocycles. The van der Waals surface area contributed by atoms with Crippen LogP contribution in [0.5, 0.6) is 23.0 Å². The van der Waals surface area contributed by atoms with Crippen molar-refractivity contribution in [3.8, 4) is 23.0 Å². The molecular formula is C18H24ClNO4. The third-order valence-corrected chi connectivity index (χ3v) is 3.61. The molecule has 2 rings (SSSR count). The molecular weight excluding hydrogens is 330 g/mol. The van der Waals surface area contributed by atoms with Gasteiger partial charge in [-0.1, -0.05) is 24.3 Å². The van der Waals surface area contributed by atoms with E-state index in [1.165, 1.54) is 0 Å². The maximum atomic E-state index is 5.49. The van der Waals surface area contributed by atoms with Gasteiger partial charge in [0.1, 0.15) is 5.75 Å². The van der Waals surface area contributed by atoms with Gasteiger partial charge in [-0.2, -0.15) is 0 Å². The maximum Gasteiger partial charge on any atom is 0.203 e. The molecule has 0 aliphatic rings. The molecule has 1 N–H and O–H groups in total. The number of para-hydroxylation sites is 1. The minimum absolute atomic E-state index is 0. The molecule has 0 fully saturated rings. The summed E-state index contributed by atoms with van der Waals surface area (Å²) in [6, 6.07) is 11.8. The first-order valence-electron chi connectivity index (χ1n) is 7.35. The Morgan fingerprint density at radius 3 is 1.92 bits per heavy atom.